The molecule has 0 aliphatic carbocycles. The Balaban J connectivity index is 1.59. The van der Waals surface area contributed by atoms with Crippen molar-refractivity contribution in [2.75, 3.05) is 5.75 Å². The summed E-state index contributed by atoms with van der Waals surface area (Å²) in [6.07, 6.45) is 0. The van der Waals surface area contributed by atoms with Crippen LogP contribution < -0.4 is 0 Å². The van der Waals surface area contributed by atoms with Crippen molar-refractivity contribution in [2.24, 2.45) is 0 Å². The zero-order valence-electron chi connectivity index (χ0n) is 11.5. The van der Waals surface area contributed by atoms with Crippen LogP contribution in [0.25, 0.3) is 10.1 Å². The fourth-order valence-electron chi connectivity index (χ4n) is 2.12. The van der Waals surface area contributed by atoms with E-state index < -0.39 is 0 Å². The van der Waals surface area contributed by atoms with Gasteiger partial charge in [-0.15, -0.1) is 23.1 Å². The maximum absolute atomic E-state index is 12.1. The monoisotopic (exact) mass is 366 g/mol. The summed E-state index contributed by atoms with van der Waals surface area (Å²) in [7, 11) is 0. The fraction of sp³-hybridized carbons (Fsp3) is 0.118. The first-order chi connectivity index (χ1) is 10.6. The molecule has 0 atom stereocenters. The summed E-state index contributed by atoms with van der Waals surface area (Å²) in [5, 5.41) is 4.24. The van der Waals surface area contributed by atoms with Crippen molar-refractivity contribution in [1.82, 2.24) is 0 Å². The first kappa shape index (κ1) is 15.9. The van der Waals surface area contributed by atoms with Crippen molar-refractivity contribution in [1.29, 1.82) is 0 Å². The Kier molecular flexibility index (Phi) is 5.09. The molecule has 0 saturated heterocycles. The fourth-order valence-corrected chi connectivity index (χ4v) is 4.06. The predicted molar refractivity (Wildman–Crippen MR) is 98.8 cm³/mol. The molecule has 1 nitrogen and oxygen atoms in total. The number of Topliss-reactive ketones (excluding diaryl/α,β-unsaturated/α-hetero) is 1. The number of thiophene rings is 1. The second-order valence-corrected chi connectivity index (χ2v) is 7.59. The predicted octanol–water partition coefficient (Wildman–Crippen LogP) is 6.32. The molecule has 0 spiro atoms. The molecule has 0 bridgehead atoms. The van der Waals surface area contributed by atoms with Crippen molar-refractivity contribution < 1.29 is 4.79 Å². The van der Waals surface area contributed by atoms with Gasteiger partial charge in [-0.1, -0.05) is 29.3 Å². The summed E-state index contributed by atoms with van der Waals surface area (Å²) in [5.41, 5.74) is 1.84. The molecule has 0 unspecified atom stereocenters. The van der Waals surface area contributed by atoms with Crippen LogP contribution in [-0.4, -0.2) is 11.5 Å². The van der Waals surface area contributed by atoms with Gasteiger partial charge in [0.05, 0.1) is 15.8 Å². The average Bonchev–Trinajstić information content (AvgIpc) is 2.97. The van der Waals surface area contributed by atoms with Crippen LogP contribution in [0.1, 0.15) is 15.9 Å². The minimum Gasteiger partial charge on any atom is -0.293 e. The van der Waals surface area contributed by atoms with Crippen LogP contribution in [0.4, 0.5) is 0 Å². The normalized spacial score (nSPS) is 11.0. The molecule has 0 N–H and O–H groups in total. The Labute approximate surface area is 147 Å². The maximum Gasteiger partial charge on any atom is 0.172 e. The minimum absolute atomic E-state index is 0.0696. The van der Waals surface area contributed by atoms with E-state index in [9.17, 15) is 4.79 Å². The van der Waals surface area contributed by atoms with Gasteiger partial charge in [0.15, 0.2) is 5.78 Å². The van der Waals surface area contributed by atoms with Crippen LogP contribution in [0.5, 0.6) is 0 Å². The summed E-state index contributed by atoms with van der Waals surface area (Å²) >= 11 is 15.2. The zero-order valence-corrected chi connectivity index (χ0v) is 14.7. The topological polar surface area (TPSA) is 17.1 Å². The summed E-state index contributed by atoms with van der Waals surface area (Å²) in [4.78, 5) is 12.1. The van der Waals surface area contributed by atoms with Gasteiger partial charge in [0.2, 0.25) is 0 Å². The molecular formula is C17H12Cl2OS2. The third-order valence-corrected chi connectivity index (χ3v) is 5.90. The number of hydrogen-bond acceptors (Lipinski definition) is 3. The molecule has 0 saturated carbocycles. The van der Waals surface area contributed by atoms with Gasteiger partial charge in [0.1, 0.15) is 0 Å². The van der Waals surface area contributed by atoms with Crippen LogP contribution in [-0.2, 0) is 5.75 Å². The summed E-state index contributed by atoms with van der Waals surface area (Å²) in [6.45, 7) is 0. The molecule has 1 heterocycles. The smallest absolute Gasteiger partial charge is 0.172 e. The molecule has 1 aromatic heterocycles. The van der Waals surface area contributed by atoms with E-state index in [-0.39, 0.29) is 5.78 Å². The number of thioether (sulfide) groups is 1. The van der Waals surface area contributed by atoms with Crippen molar-refractivity contribution in [3.63, 3.8) is 0 Å². The van der Waals surface area contributed by atoms with Crippen LogP contribution in [0, 0.1) is 0 Å². The van der Waals surface area contributed by atoms with E-state index in [0.29, 0.717) is 21.4 Å². The molecule has 2 aromatic carbocycles. The molecule has 0 amide bonds. The lowest BCUT2D eigenvalue weighted by Crippen LogP contribution is -2.02. The first-order valence-corrected chi connectivity index (χ1v) is 9.44. The van der Waals surface area contributed by atoms with Gasteiger partial charge in [0, 0.05) is 16.0 Å². The van der Waals surface area contributed by atoms with Gasteiger partial charge in [-0.05, 0) is 52.7 Å². The SMILES string of the molecule is O=C(CSCc1ccc2sccc2c1)c1ccc(Cl)c(Cl)c1. The molecule has 0 radical (unpaired) electrons. The van der Waals surface area contributed by atoms with Crippen molar-refractivity contribution in [2.45, 2.75) is 5.75 Å². The van der Waals surface area contributed by atoms with Crippen LogP contribution >= 0.6 is 46.3 Å². The van der Waals surface area contributed by atoms with Crippen LogP contribution in [0.3, 0.4) is 0 Å². The highest BCUT2D eigenvalue weighted by Gasteiger charge is 2.08. The second kappa shape index (κ2) is 7.05. The molecule has 3 rings (SSSR count). The van der Waals surface area contributed by atoms with Gasteiger partial charge >= 0.3 is 0 Å². The maximum atomic E-state index is 12.1. The lowest BCUT2D eigenvalue weighted by atomic mass is 10.1. The summed E-state index contributed by atoms with van der Waals surface area (Å²) in [5.74, 6) is 1.32. The average molecular weight is 367 g/mol. The summed E-state index contributed by atoms with van der Waals surface area (Å²) < 4.78 is 1.29. The minimum atomic E-state index is 0.0696. The van der Waals surface area contributed by atoms with Gasteiger partial charge in [0.25, 0.3) is 0 Å². The molecule has 3 aromatic rings. The van der Waals surface area contributed by atoms with E-state index in [1.165, 1.54) is 15.6 Å². The number of carbonyl (C=O) groups excluding carboxylic acids is 1. The van der Waals surface area contributed by atoms with Crippen LogP contribution in [0.2, 0.25) is 10.0 Å². The lowest BCUT2D eigenvalue weighted by molar-refractivity contribution is 0.102. The number of fused-ring (bicyclic) bond motifs is 1. The Morgan fingerprint density at radius 1 is 1.05 bits per heavy atom. The van der Waals surface area contributed by atoms with Crippen molar-refractivity contribution in [3.8, 4) is 0 Å². The third kappa shape index (κ3) is 3.66. The van der Waals surface area contributed by atoms with Gasteiger partial charge < -0.3 is 0 Å². The highest BCUT2D eigenvalue weighted by Crippen LogP contribution is 2.25. The number of rotatable bonds is 5. The number of ketones is 1. The largest absolute Gasteiger partial charge is 0.293 e. The molecule has 0 fully saturated rings. The van der Waals surface area contributed by atoms with E-state index in [1.807, 2.05) is 0 Å². The van der Waals surface area contributed by atoms with E-state index in [0.717, 1.165) is 5.75 Å². The molecule has 112 valence electrons. The molecule has 5 heteroatoms. The molecular weight excluding hydrogens is 355 g/mol. The Bertz CT molecular complexity index is 826. The number of halogens is 2. The van der Waals surface area contributed by atoms with E-state index in [4.69, 9.17) is 23.2 Å². The zero-order chi connectivity index (χ0) is 15.5. The van der Waals surface area contributed by atoms with Crippen LogP contribution in [0.15, 0.2) is 47.8 Å². The summed E-state index contributed by atoms with van der Waals surface area (Å²) in [6, 6.07) is 13.6. The highest BCUT2D eigenvalue weighted by atomic mass is 35.5. The van der Waals surface area contributed by atoms with E-state index >= 15 is 0 Å². The van der Waals surface area contributed by atoms with E-state index in [1.54, 1.807) is 41.3 Å². The Morgan fingerprint density at radius 3 is 2.73 bits per heavy atom. The lowest BCUT2D eigenvalue weighted by Gasteiger charge is -2.04. The van der Waals surface area contributed by atoms with Gasteiger partial charge in [-0.3, -0.25) is 4.79 Å². The number of carbonyl (C=O) groups is 1. The number of hydrogen-bond donors (Lipinski definition) is 0. The quantitative estimate of drug-likeness (QED) is 0.491. The third-order valence-electron chi connectivity index (χ3n) is 3.26. The Morgan fingerprint density at radius 2 is 1.91 bits per heavy atom. The second-order valence-electron chi connectivity index (χ2n) is 4.84. The van der Waals surface area contributed by atoms with Gasteiger partial charge in [-0.2, -0.15) is 0 Å². The Hall–Kier alpha value is -1.000. The first-order valence-electron chi connectivity index (χ1n) is 6.65. The van der Waals surface area contributed by atoms with E-state index in [2.05, 4.69) is 29.6 Å². The molecule has 22 heavy (non-hydrogen) atoms. The van der Waals surface area contributed by atoms with Crippen molar-refractivity contribution >= 4 is 62.2 Å². The van der Waals surface area contributed by atoms with Crippen molar-refractivity contribution in [3.05, 3.63) is 69.0 Å². The number of benzene rings is 2. The molecule has 0 aliphatic rings. The van der Waals surface area contributed by atoms with Gasteiger partial charge in [-0.25, -0.2) is 0 Å². The standard InChI is InChI=1S/C17H12Cl2OS2/c18-14-3-2-12(8-15(14)19)16(20)10-21-9-11-1-4-17-13(7-11)5-6-22-17/h1-8H,9-10H2. The highest BCUT2D eigenvalue weighted by molar-refractivity contribution is 7.99. The molecule has 0 aliphatic heterocycles.